The maximum Gasteiger partial charge on any atom is 0.417 e. The fraction of sp³-hybridized carbons (Fsp3) is 0.348. The second-order valence-electron chi connectivity index (χ2n) is 8.01. The molecule has 0 aliphatic heterocycles. The molecule has 1 atom stereocenters. The van der Waals surface area contributed by atoms with E-state index in [4.69, 9.17) is 9.84 Å². The fourth-order valence-corrected chi connectivity index (χ4v) is 3.92. The largest absolute Gasteiger partial charge is 0.489 e. The molecule has 0 fully saturated rings. The van der Waals surface area contributed by atoms with Crippen molar-refractivity contribution in [3.8, 4) is 11.6 Å². The predicted octanol–water partition coefficient (Wildman–Crippen LogP) is 4.75. The summed E-state index contributed by atoms with van der Waals surface area (Å²) in [7, 11) is 0. The quantitative estimate of drug-likeness (QED) is 0.592. The maximum absolute atomic E-state index is 12.7. The van der Waals surface area contributed by atoms with Gasteiger partial charge in [0.2, 0.25) is 0 Å². The van der Waals surface area contributed by atoms with E-state index in [-0.39, 0.29) is 24.8 Å². The molecule has 0 saturated heterocycles. The van der Waals surface area contributed by atoms with Crippen LogP contribution in [0.2, 0.25) is 0 Å². The summed E-state index contributed by atoms with van der Waals surface area (Å²) in [4.78, 5) is 14.8. The molecule has 1 N–H and O–H groups in total. The molecule has 1 aliphatic rings. The highest BCUT2D eigenvalue weighted by Crippen LogP contribution is 2.31. The number of fused-ring (bicyclic) bond motifs is 1. The van der Waals surface area contributed by atoms with Gasteiger partial charge >= 0.3 is 12.1 Å². The van der Waals surface area contributed by atoms with Crippen molar-refractivity contribution in [2.24, 2.45) is 5.92 Å². The topological polar surface area (TPSA) is 77.2 Å². The van der Waals surface area contributed by atoms with E-state index >= 15 is 0 Å². The number of rotatable bonds is 6. The van der Waals surface area contributed by atoms with Gasteiger partial charge in [0.25, 0.3) is 0 Å². The van der Waals surface area contributed by atoms with Gasteiger partial charge in [-0.3, -0.25) is 4.79 Å². The average Bonchev–Trinajstić information content (AvgIpc) is 3.12. The monoisotopic (exact) mass is 445 g/mol. The number of ether oxygens (including phenoxy) is 1. The normalized spacial score (nSPS) is 15.9. The number of carboxylic acids is 1. The van der Waals surface area contributed by atoms with Gasteiger partial charge in [-0.25, -0.2) is 9.67 Å². The first-order valence-corrected chi connectivity index (χ1v) is 10.2. The number of carbonyl (C=O) groups is 1. The standard InChI is InChI=1S/C23H22F3N3O3/c1-14-18(12-29(28-14)21-7-5-19(11-27-21)23(24,25)26)13-32-20-6-4-16-8-15(9-22(30)31)2-3-17(16)10-20/h4-7,10-12,15H,2-3,8-9,13H2,1H3,(H,30,31). The molecule has 9 heteroatoms. The molecule has 32 heavy (non-hydrogen) atoms. The summed E-state index contributed by atoms with van der Waals surface area (Å²) >= 11 is 0. The minimum absolute atomic E-state index is 0.166. The van der Waals surface area contributed by atoms with Crippen LogP contribution in [0.15, 0.2) is 42.7 Å². The van der Waals surface area contributed by atoms with Gasteiger partial charge in [0.15, 0.2) is 5.82 Å². The third-order valence-electron chi connectivity index (χ3n) is 5.68. The average molecular weight is 445 g/mol. The van der Waals surface area contributed by atoms with Crippen molar-refractivity contribution in [1.82, 2.24) is 14.8 Å². The number of aliphatic carboxylic acids is 1. The molecule has 168 valence electrons. The van der Waals surface area contributed by atoms with Crippen LogP contribution in [0.25, 0.3) is 5.82 Å². The molecule has 1 unspecified atom stereocenters. The van der Waals surface area contributed by atoms with E-state index in [1.54, 1.807) is 13.1 Å². The third-order valence-corrected chi connectivity index (χ3v) is 5.68. The summed E-state index contributed by atoms with van der Waals surface area (Å²) in [6.45, 7) is 2.06. The Balaban J connectivity index is 1.42. The minimum atomic E-state index is -4.43. The van der Waals surface area contributed by atoms with E-state index in [1.807, 2.05) is 18.2 Å². The van der Waals surface area contributed by atoms with Gasteiger partial charge in [-0.15, -0.1) is 0 Å². The van der Waals surface area contributed by atoms with Crippen molar-refractivity contribution in [3.05, 3.63) is 70.7 Å². The van der Waals surface area contributed by atoms with E-state index in [0.29, 0.717) is 11.4 Å². The number of alkyl halides is 3. The molecule has 1 aliphatic carbocycles. The predicted molar refractivity (Wildman–Crippen MR) is 110 cm³/mol. The Morgan fingerprint density at radius 1 is 1.25 bits per heavy atom. The fourth-order valence-electron chi connectivity index (χ4n) is 3.92. The van der Waals surface area contributed by atoms with Crippen molar-refractivity contribution in [2.45, 2.75) is 45.4 Å². The zero-order valence-corrected chi connectivity index (χ0v) is 17.4. The van der Waals surface area contributed by atoms with Crippen LogP contribution in [0.4, 0.5) is 13.2 Å². The zero-order valence-electron chi connectivity index (χ0n) is 17.4. The Morgan fingerprint density at radius 2 is 2.06 bits per heavy atom. The lowest BCUT2D eigenvalue weighted by Gasteiger charge is -2.23. The van der Waals surface area contributed by atoms with Gasteiger partial charge in [0.05, 0.1) is 11.3 Å². The number of hydrogen-bond acceptors (Lipinski definition) is 4. The highest BCUT2D eigenvalue weighted by atomic mass is 19.4. The number of nitrogens with zero attached hydrogens (tertiary/aromatic N) is 3. The summed E-state index contributed by atoms with van der Waals surface area (Å²) in [5.41, 5.74) is 3.01. The van der Waals surface area contributed by atoms with Crippen LogP contribution >= 0.6 is 0 Å². The van der Waals surface area contributed by atoms with E-state index in [0.717, 1.165) is 42.7 Å². The van der Waals surface area contributed by atoms with Gasteiger partial charge in [-0.05, 0) is 67.5 Å². The number of pyridine rings is 1. The lowest BCUT2D eigenvalue weighted by Crippen LogP contribution is -2.17. The number of benzene rings is 1. The van der Waals surface area contributed by atoms with Crippen molar-refractivity contribution in [2.75, 3.05) is 0 Å². The van der Waals surface area contributed by atoms with Crippen LogP contribution in [0.1, 0.15) is 40.8 Å². The second kappa shape index (κ2) is 8.64. The molecule has 0 radical (unpaired) electrons. The highest BCUT2D eigenvalue weighted by Gasteiger charge is 2.30. The van der Waals surface area contributed by atoms with E-state index in [9.17, 15) is 18.0 Å². The van der Waals surface area contributed by atoms with Crippen LogP contribution in [0.3, 0.4) is 0 Å². The van der Waals surface area contributed by atoms with E-state index in [2.05, 4.69) is 10.1 Å². The molecule has 0 spiro atoms. The summed E-state index contributed by atoms with van der Waals surface area (Å²) < 4.78 is 45.5. The summed E-state index contributed by atoms with van der Waals surface area (Å²) in [5, 5.41) is 13.3. The molecule has 2 aromatic heterocycles. The van der Waals surface area contributed by atoms with Gasteiger partial charge in [0, 0.05) is 24.4 Å². The Morgan fingerprint density at radius 3 is 2.75 bits per heavy atom. The van der Waals surface area contributed by atoms with Gasteiger partial charge in [-0.1, -0.05) is 6.07 Å². The molecule has 6 nitrogen and oxygen atoms in total. The minimum Gasteiger partial charge on any atom is -0.489 e. The Hall–Kier alpha value is -3.36. The van der Waals surface area contributed by atoms with Crippen LogP contribution in [-0.4, -0.2) is 25.8 Å². The molecule has 1 aromatic carbocycles. The summed E-state index contributed by atoms with van der Waals surface area (Å²) in [6, 6.07) is 8.11. The lowest BCUT2D eigenvalue weighted by atomic mass is 9.82. The first-order valence-electron chi connectivity index (χ1n) is 10.2. The first-order chi connectivity index (χ1) is 15.2. The third kappa shape index (κ3) is 4.92. The molecule has 2 heterocycles. The summed E-state index contributed by atoms with van der Waals surface area (Å²) in [6.07, 6.45) is 0.658. The van der Waals surface area contributed by atoms with Crippen LogP contribution in [0, 0.1) is 12.8 Å². The number of aryl methyl sites for hydroxylation is 2. The molecule has 4 rings (SSSR count). The van der Waals surface area contributed by atoms with Crippen molar-refractivity contribution in [1.29, 1.82) is 0 Å². The maximum atomic E-state index is 12.7. The molecule has 0 bridgehead atoms. The van der Waals surface area contributed by atoms with Crippen LogP contribution in [-0.2, 0) is 30.4 Å². The molecular weight excluding hydrogens is 423 g/mol. The van der Waals surface area contributed by atoms with Gasteiger partial charge in [-0.2, -0.15) is 18.3 Å². The zero-order chi connectivity index (χ0) is 22.9. The molecular formula is C23H22F3N3O3. The molecule has 0 amide bonds. The number of hydrogen-bond donors (Lipinski definition) is 1. The van der Waals surface area contributed by atoms with Crippen molar-refractivity contribution < 1.29 is 27.8 Å². The first kappa shape index (κ1) is 21.9. The lowest BCUT2D eigenvalue weighted by molar-refractivity contribution is -0.138. The van der Waals surface area contributed by atoms with Crippen molar-refractivity contribution >= 4 is 5.97 Å². The Bertz CT molecular complexity index is 1120. The molecule has 0 saturated carbocycles. The second-order valence-corrected chi connectivity index (χ2v) is 8.01. The van der Waals surface area contributed by atoms with Crippen molar-refractivity contribution in [3.63, 3.8) is 0 Å². The SMILES string of the molecule is Cc1nn(-c2ccc(C(F)(F)F)cn2)cc1COc1ccc2c(c1)CCC(CC(=O)O)C2. The van der Waals surface area contributed by atoms with Crippen LogP contribution in [0.5, 0.6) is 5.75 Å². The Labute approximate surface area is 182 Å². The number of halogens is 3. The number of carboxylic acid groups (broad SMARTS) is 1. The Kier molecular flexibility index (Phi) is 5.90. The van der Waals surface area contributed by atoms with E-state index in [1.165, 1.54) is 16.3 Å². The smallest absolute Gasteiger partial charge is 0.417 e. The van der Waals surface area contributed by atoms with Gasteiger partial charge < -0.3 is 9.84 Å². The highest BCUT2D eigenvalue weighted by molar-refractivity contribution is 5.67. The van der Waals surface area contributed by atoms with Crippen LogP contribution < -0.4 is 4.74 Å². The van der Waals surface area contributed by atoms with E-state index < -0.39 is 17.7 Å². The van der Waals surface area contributed by atoms with Gasteiger partial charge in [0.1, 0.15) is 12.4 Å². The molecule has 3 aromatic rings. The number of aromatic nitrogens is 3. The summed E-state index contributed by atoms with van der Waals surface area (Å²) in [5.74, 6) is 0.400.